The number of hydrogen-bond donors (Lipinski definition) is 1. The first-order chi connectivity index (χ1) is 6.75. The number of rotatable bonds is 2. The van der Waals surface area contributed by atoms with Crippen LogP contribution >= 0.6 is 34.5 Å². The summed E-state index contributed by atoms with van der Waals surface area (Å²) in [6, 6.07) is 7.29. The fourth-order valence-electron chi connectivity index (χ4n) is 0.997. The lowest BCUT2D eigenvalue weighted by Crippen LogP contribution is -1.91. The van der Waals surface area contributed by atoms with E-state index in [1.807, 2.05) is 23.6 Å². The highest BCUT2D eigenvalue weighted by Crippen LogP contribution is 2.29. The van der Waals surface area contributed by atoms with E-state index in [4.69, 9.17) is 23.2 Å². The molecule has 2 nitrogen and oxygen atoms in total. The summed E-state index contributed by atoms with van der Waals surface area (Å²) in [5.41, 5.74) is 0.853. The van der Waals surface area contributed by atoms with E-state index in [1.165, 1.54) is 11.3 Å². The fraction of sp³-hybridized carbons (Fsp3) is 0. The van der Waals surface area contributed by atoms with Crippen molar-refractivity contribution in [2.24, 2.45) is 0 Å². The highest BCUT2D eigenvalue weighted by Gasteiger charge is 2.02. The van der Waals surface area contributed by atoms with Crippen molar-refractivity contribution >= 4 is 46.0 Å². The van der Waals surface area contributed by atoms with Crippen LogP contribution in [0.1, 0.15) is 0 Å². The van der Waals surface area contributed by atoms with Gasteiger partial charge in [-0.1, -0.05) is 29.3 Å². The zero-order chi connectivity index (χ0) is 9.97. The highest BCUT2D eigenvalue weighted by molar-refractivity contribution is 7.15. The molecule has 0 saturated heterocycles. The van der Waals surface area contributed by atoms with Gasteiger partial charge in [-0.25, -0.2) is 4.98 Å². The number of pyridine rings is 1. The first-order valence-corrected chi connectivity index (χ1v) is 5.52. The Balaban J connectivity index is 2.23. The van der Waals surface area contributed by atoms with E-state index < -0.39 is 0 Å². The first kappa shape index (κ1) is 9.77. The molecule has 0 saturated carbocycles. The number of aromatic nitrogens is 1. The maximum Gasteiger partial charge on any atom is 0.132 e. The van der Waals surface area contributed by atoms with Crippen LogP contribution in [0.4, 0.5) is 11.5 Å². The van der Waals surface area contributed by atoms with Crippen LogP contribution in [0.3, 0.4) is 0 Å². The molecule has 2 rings (SSSR count). The molecule has 0 aliphatic heterocycles. The van der Waals surface area contributed by atoms with E-state index in [-0.39, 0.29) is 0 Å². The Bertz CT molecular complexity index is 442. The lowest BCUT2D eigenvalue weighted by atomic mass is 10.4. The summed E-state index contributed by atoms with van der Waals surface area (Å²) in [5.74, 6) is 0.692. The van der Waals surface area contributed by atoms with Crippen LogP contribution in [0.25, 0.3) is 0 Å². The number of anilines is 2. The van der Waals surface area contributed by atoms with Crippen LogP contribution in [0, 0.1) is 0 Å². The van der Waals surface area contributed by atoms with Crippen molar-refractivity contribution < 1.29 is 0 Å². The van der Waals surface area contributed by atoms with Gasteiger partial charge in [0.15, 0.2) is 0 Å². The zero-order valence-electron chi connectivity index (χ0n) is 7.00. The molecule has 2 aromatic heterocycles. The molecule has 0 aromatic carbocycles. The van der Waals surface area contributed by atoms with Gasteiger partial charge in [0, 0.05) is 0 Å². The van der Waals surface area contributed by atoms with Gasteiger partial charge in [-0.3, -0.25) is 0 Å². The molecule has 0 amide bonds. The van der Waals surface area contributed by atoms with Gasteiger partial charge in [0.05, 0.1) is 5.69 Å². The summed E-state index contributed by atoms with van der Waals surface area (Å²) in [6.45, 7) is 0. The normalized spacial score (nSPS) is 10.1. The number of nitrogens with one attached hydrogen (secondary N) is 1. The number of hydrogen-bond acceptors (Lipinski definition) is 3. The molecule has 2 heterocycles. The van der Waals surface area contributed by atoms with Gasteiger partial charge >= 0.3 is 0 Å². The lowest BCUT2D eigenvalue weighted by Gasteiger charge is -2.03. The van der Waals surface area contributed by atoms with Gasteiger partial charge in [-0.05, 0) is 23.6 Å². The van der Waals surface area contributed by atoms with Gasteiger partial charge in [0.2, 0.25) is 0 Å². The van der Waals surface area contributed by atoms with Gasteiger partial charge in [0.1, 0.15) is 15.3 Å². The van der Waals surface area contributed by atoms with Crippen molar-refractivity contribution in [1.82, 2.24) is 4.98 Å². The zero-order valence-corrected chi connectivity index (χ0v) is 9.33. The Labute approximate surface area is 95.5 Å². The second-order valence-electron chi connectivity index (χ2n) is 2.58. The van der Waals surface area contributed by atoms with Crippen molar-refractivity contribution in [1.29, 1.82) is 0 Å². The molecule has 1 N–H and O–H groups in total. The minimum Gasteiger partial charge on any atom is -0.338 e. The van der Waals surface area contributed by atoms with E-state index in [1.54, 1.807) is 6.07 Å². The molecule has 0 fully saturated rings. The van der Waals surface area contributed by atoms with Crippen molar-refractivity contribution in [3.63, 3.8) is 0 Å². The summed E-state index contributed by atoms with van der Waals surface area (Å²) < 4.78 is 0.715. The molecule has 0 atom stereocenters. The molecule has 2 aromatic rings. The van der Waals surface area contributed by atoms with Crippen molar-refractivity contribution in [2.75, 3.05) is 5.32 Å². The maximum atomic E-state index is 5.92. The Morgan fingerprint density at radius 1 is 1.21 bits per heavy atom. The monoisotopic (exact) mass is 244 g/mol. The second kappa shape index (κ2) is 4.17. The number of halogens is 2. The molecule has 0 aliphatic rings. The third-order valence-electron chi connectivity index (χ3n) is 1.60. The predicted molar refractivity (Wildman–Crippen MR) is 61.9 cm³/mol. The van der Waals surface area contributed by atoms with Crippen molar-refractivity contribution in [3.8, 4) is 0 Å². The van der Waals surface area contributed by atoms with Crippen LogP contribution in [-0.2, 0) is 0 Å². The lowest BCUT2D eigenvalue weighted by molar-refractivity contribution is 1.31. The van der Waals surface area contributed by atoms with E-state index in [9.17, 15) is 0 Å². The highest BCUT2D eigenvalue weighted by atomic mass is 35.5. The van der Waals surface area contributed by atoms with Crippen LogP contribution in [0.5, 0.6) is 0 Å². The Hall–Kier alpha value is -0.770. The minimum absolute atomic E-state index is 0.460. The Kier molecular flexibility index (Phi) is 2.91. The van der Waals surface area contributed by atoms with Gasteiger partial charge in [0.25, 0.3) is 0 Å². The first-order valence-electron chi connectivity index (χ1n) is 3.88. The molecule has 0 radical (unpaired) electrons. The Morgan fingerprint density at radius 3 is 2.71 bits per heavy atom. The van der Waals surface area contributed by atoms with Gasteiger partial charge in [-0.15, -0.1) is 11.3 Å². The van der Waals surface area contributed by atoms with Crippen LogP contribution < -0.4 is 5.32 Å². The second-order valence-corrected chi connectivity index (χ2v) is 4.48. The third-order valence-corrected chi connectivity index (χ3v) is 2.98. The van der Waals surface area contributed by atoms with Crippen LogP contribution in [0.2, 0.25) is 9.49 Å². The summed E-state index contributed by atoms with van der Waals surface area (Å²) >= 11 is 13.1. The molecule has 72 valence electrons. The van der Waals surface area contributed by atoms with E-state index in [0.717, 1.165) is 5.69 Å². The topological polar surface area (TPSA) is 24.9 Å². The molecule has 0 unspecified atom stereocenters. The van der Waals surface area contributed by atoms with E-state index >= 15 is 0 Å². The SMILES string of the molecule is Clc1cccc(Nc2ccsc2Cl)n1. The maximum absolute atomic E-state index is 5.92. The van der Waals surface area contributed by atoms with E-state index in [2.05, 4.69) is 10.3 Å². The number of nitrogens with zero attached hydrogens (tertiary/aromatic N) is 1. The Morgan fingerprint density at radius 2 is 2.07 bits per heavy atom. The van der Waals surface area contributed by atoms with Crippen molar-refractivity contribution in [3.05, 3.63) is 39.1 Å². The average Bonchev–Trinajstić information content (AvgIpc) is 2.52. The molecule has 5 heteroatoms. The average molecular weight is 245 g/mol. The molecular weight excluding hydrogens is 239 g/mol. The van der Waals surface area contributed by atoms with Crippen molar-refractivity contribution in [2.45, 2.75) is 0 Å². The van der Waals surface area contributed by atoms with Crippen LogP contribution in [0.15, 0.2) is 29.6 Å². The smallest absolute Gasteiger partial charge is 0.132 e. The van der Waals surface area contributed by atoms with E-state index in [0.29, 0.717) is 15.3 Å². The summed E-state index contributed by atoms with van der Waals surface area (Å²) in [4.78, 5) is 4.09. The minimum atomic E-state index is 0.460. The van der Waals surface area contributed by atoms with Gasteiger partial charge < -0.3 is 5.32 Å². The summed E-state index contributed by atoms with van der Waals surface area (Å²) in [6.07, 6.45) is 0. The standard InChI is InChI=1S/C9H6Cl2N2S/c10-7-2-1-3-8(13-7)12-6-4-5-14-9(6)11/h1-5H,(H,12,13). The fourth-order valence-corrected chi connectivity index (χ4v) is 2.00. The molecule has 14 heavy (non-hydrogen) atoms. The third kappa shape index (κ3) is 2.18. The molecule has 0 bridgehead atoms. The van der Waals surface area contributed by atoms with Crippen LogP contribution in [-0.4, -0.2) is 4.98 Å². The molecule has 0 aliphatic carbocycles. The summed E-state index contributed by atoms with van der Waals surface area (Å²) in [7, 11) is 0. The van der Waals surface area contributed by atoms with Gasteiger partial charge in [-0.2, -0.15) is 0 Å². The largest absolute Gasteiger partial charge is 0.338 e. The number of thiophene rings is 1. The predicted octanol–water partition coefficient (Wildman–Crippen LogP) is 4.19. The molecular formula is C9H6Cl2N2S. The molecule has 0 spiro atoms. The summed E-state index contributed by atoms with van der Waals surface area (Å²) in [5, 5.41) is 5.45. The quantitative estimate of drug-likeness (QED) is 0.802.